The second-order valence-electron chi connectivity index (χ2n) is 2.38. The highest BCUT2D eigenvalue weighted by molar-refractivity contribution is 5.84. The van der Waals surface area contributed by atoms with Crippen LogP contribution in [0, 0.1) is 10.1 Å². The second kappa shape index (κ2) is 3.83. The third-order valence-electron chi connectivity index (χ3n) is 1.54. The molecule has 0 amide bonds. The van der Waals surface area contributed by atoms with Gasteiger partial charge < -0.3 is 20.3 Å². The van der Waals surface area contributed by atoms with E-state index in [9.17, 15) is 14.9 Å². The molecule has 0 aliphatic rings. The molecule has 8 heteroatoms. The summed E-state index contributed by atoms with van der Waals surface area (Å²) < 4.78 is 0.836. The minimum Gasteiger partial charge on any atom is -0.474 e. The first-order valence-electron chi connectivity index (χ1n) is 3.62. The van der Waals surface area contributed by atoms with Gasteiger partial charge >= 0.3 is 17.6 Å². The van der Waals surface area contributed by atoms with Gasteiger partial charge in [0.25, 0.3) is 0 Å². The fourth-order valence-corrected chi connectivity index (χ4v) is 1.00. The number of aliphatic hydroxyl groups excluding tert-OH is 1. The van der Waals surface area contributed by atoms with Gasteiger partial charge in [-0.05, 0) is 4.92 Å². The van der Waals surface area contributed by atoms with Gasteiger partial charge in [-0.25, -0.2) is 9.78 Å². The second-order valence-corrected chi connectivity index (χ2v) is 2.38. The molecule has 1 rings (SSSR count). The summed E-state index contributed by atoms with van der Waals surface area (Å²) in [6.07, 6.45) is 0.846. The van der Waals surface area contributed by atoms with Crippen molar-refractivity contribution in [3.05, 3.63) is 22.1 Å². The molecule has 0 bridgehead atoms. The van der Waals surface area contributed by atoms with Crippen LogP contribution in [0.15, 0.2) is 6.20 Å². The van der Waals surface area contributed by atoms with E-state index >= 15 is 0 Å². The SMILES string of the molecule is O=C(O)c1ncc([N+](=O)[O-])n1CCO. The van der Waals surface area contributed by atoms with Crippen LogP contribution in [0.4, 0.5) is 5.82 Å². The van der Waals surface area contributed by atoms with Gasteiger partial charge in [0.15, 0.2) is 0 Å². The Hall–Kier alpha value is -1.96. The third kappa shape index (κ3) is 1.69. The van der Waals surface area contributed by atoms with Crippen LogP contribution < -0.4 is 0 Å². The maximum atomic E-state index is 10.5. The van der Waals surface area contributed by atoms with Crippen molar-refractivity contribution in [1.29, 1.82) is 0 Å². The van der Waals surface area contributed by atoms with Crippen molar-refractivity contribution in [3.63, 3.8) is 0 Å². The predicted octanol–water partition coefficient (Wildman–Crippen LogP) is -0.518. The monoisotopic (exact) mass is 201 g/mol. The van der Waals surface area contributed by atoms with Crippen LogP contribution in [0.5, 0.6) is 0 Å². The maximum Gasteiger partial charge on any atom is 0.396 e. The van der Waals surface area contributed by atoms with E-state index in [0.717, 1.165) is 10.8 Å². The van der Waals surface area contributed by atoms with E-state index in [4.69, 9.17) is 10.2 Å². The van der Waals surface area contributed by atoms with E-state index in [-0.39, 0.29) is 6.54 Å². The Kier molecular flexibility index (Phi) is 2.77. The summed E-state index contributed by atoms with van der Waals surface area (Å²) in [5, 5.41) is 27.6. The first-order valence-corrected chi connectivity index (χ1v) is 3.62. The molecule has 76 valence electrons. The van der Waals surface area contributed by atoms with Gasteiger partial charge in [-0.3, -0.25) is 0 Å². The molecule has 8 nitrogen and oxygen atoms in total. The highest BCUT2D eigenvalue weighted by Gasteiger charge is 2.24. The van der Waals surface area contributed by atoms with E-state index in [1.165, 1.54) is 0 Å². The molecule has 2 N–H and O–H groups in total. The number of nitro groups is 1. The van der Waals surface area contributed by atoms with Crippen LogP contribution in [0.25, 0.3) is 0 Å². The number of aliphatic hydroxyl groups is 1. The Balaban J connectivity index is 3.19. The quantitative estimate of drug-likeness (QED) is 0.499. The van der Waals surface area contributed by atoms with E-state index in [1.807, 2.05) is 0 Å². The molecule has 0 aliphatic carbocycles. The van der Waals surface area contributed by atoms with Crippen LogP contribution in [0.3, 0.4) is 0 Å². The predicted molar refractivity (Wildman–Crippen MR) is 42.9 cm³/mol. The van der Waals surface area contributed by atoms with Gasteiger partial charge in [-0.2, -0.15) is 4.57 Å². The summed E-state index contributed by atoms with van der Waals surface area (Å²) in [6, 6.07) is 0. The number of imidazole rings is 1. The molecule has 0 aromatic carbocycles. The number of carboxylic acids is 1. The summed E-state index contributed by atoms with van der Waals surface area (Å²) in [6.45, 7) is -0.560. The molecule has 0 fully saturated rings. The average Bonchev–Trinajstić information content (AvgIpc) is 2.48. The van der Waals surface area contributed by atoms with Gasteiger partial charge in [0.05, 0.1) is 6.61 Å². The van der Waals surface area contributed by atoms with Crippen LogP contribution >= 0.6 is 0 Å². The molecular formula is C6H7N3O5. The standard InChI is InChI=1S/C6H7N3O5/c10-2-1-8-4(9(13)14)3-7-5(8)6(11)12/h3,10H,1-2H2,(H,11,12). The number of nitrogens with zero attached hydrogens (tertiary/aromatic N) is 3. The van der Waals surface area contributed by atoms with Crippen molar-refractivity contribution >= 4 is 11.8 Å². The lowest BCUT2D eigenvalue weighted by molar-refractivity contribution is -0.392. The van der Waals surface area contributed by atoms with Gasteiger partial charge in [0, 0.05) is 0 Å². The van der Waals surface area contributed by atoms with E-state index < -0.39 is 29.1 Å². The highest BCUT2D eigenvalue weighted by Crippen LogP contribution is 2.13. The average molecular weight is 201 g/mol. The van der Waals surface area contributed by atoms with Crippen LogP contribution in [0.2, 0.25) is 0 Å². The molecule has 1 aromatic rings. The van der Waals surface area contributed by atoms with Crippen molar-refractivity contribution in [2.45, 2.75) is 6.54 Å². The molecule has 0 saturated carbocycles. The molecule has 0 atom stereocenters. The fourth-order valence-electron chi connectivity index (χ4n) is 1.00. The smallest absolute Gasteiger partial charge is 0.396 e. The number of aromatic nitrogens is 2. The van der Waals surface area contributed by atoms with Crippen LogP contribution in [-0.4, -0.2) is 37.3 Å². The van der Waals surface area contributed by atoms with Crippen molar-refractivity contribution < 1.29 is 19.9 Å². The van der Waals surface area contributed by atoms with Crippen LogP contribution in [-0.2, 0) is 6.54 Å². The molecule has 14 heavy (non-hydrogen) atoms. The molecule has 1 heterocycles. The van der Waals surface area contributed by atoms with E-state index in [2.05, 4.69) is 4.98 Å². The lowest BCUT2D eigenvalue weighted by Gasteiger charge is -1.99. The number of hydrogen-bond acceptors (Lipinski definition) is 5. The Bertz CT molecular complexity index is 340. The maximum absolute atomic E-state index is 10.5. The minimum atomic E-state index is -1.37. The van der Waals surface area contributed by atoms with Crippen molar-refractivity contribution in [2.75, 3.05) is 6.61 Å². The number of hydrogen-bond donors (Lipinski definition) is 2. The topological polar surface area (TPSA) is 118 Å². The Morgan fingerprint density at radius 1 is 1.71 bits per heavy atom. The summed E-state index contributed by atoms with van der Waals surface area (Å²) in [5.41, 5.74) is 0. The molecule has 0 unspecified atom stereocenters. The zero-order valence-electron chi connectivity index (χ0n) is 6.95. The van der Waals surface area contributed by atoms with Crippen molar-refractivity contribution in [2.24, 2.45) is 0 Å². The molecular weight excluding hydrogens is 194 g/mol. The molecule has 0 aliphatic heterocycles. The lowest BCUT2D eigenvalue weighted by atomic mass is 10.5. The molecule has 0 spiro atoms. The number of carboxylic acid groups (broad SMARTS) is 1. The van der Waals surface area contributed by atoms with Gasteiger partial charge in [0.2, 0.25) is 0 Å². The van der Waals surface area contributed by atoms with Gasteiger partial charge in [-0.15, -0.1) is 0 Å². The van der Waals surface area contributed by atoms with E-state index in [1.54, 1.807) is 0 Å². The number of carbonyl (C=O) groups is 1. The zero-order chi connectivity index (χ0) is 10.7. The number of rotatable bonds is 4. The Labute approximate surface area is 77.6 Å². The lowest BCUT2D eigenvalue weighted by Crippen LogP contribution is -2.13. The zero-order valence-corrected chi connectivity index (χ0v) is 6.95. The molecule has 0 radical (unpaired) electrons. The Morgan fingerprint density at radius 3 is 2.79 bits per heavy atom. The molecule has 0 saturated heterocycles. The minimum absolute atomic E-state index is 0.169. The van der Waals surface area contributed by atoms with E-state index in [0.29, 0.717) is 0 Å². The van der Waals surface area contributed by atoms with Gasteiger partial charge in [0.1, 0.15) is 12.7 Å². The van der Waals surface area contributed by atoms with Crippen molar-refractivity contribution in [1.82, 2.24) is 9.55 Å². The first kappa shape index (κ1) is 10.1. The highest BCUT2D eigenvalue weighted by atomic mass is 16.6. The van der Waals surface area contributed by atoms with Crippen molar-refractivity contribution in [3.8, 4) is 0 Å². The summed E-state index contributed by atoms with van der Waals surface area (Å²) in [4.78, 5) is 23.6. The Morgan fingerprint density at radius 2 is 2.36 bits per heavy atom. The largest absolute Gasteiger partial charge is 0.474 e. The normalized spacial score (nSPS) is 10.1. The first-order chi connectivity index (χ1) is 6.57. The van der Waals surface area contributed by atoms with Crippen LogP contribution in [0.1, 0.15) is 10.6 Å². The summed E-state index contributed by atoms with van der Waals surface area (Å²) in [7, 11) is 0. The molecule has 1 aromatic heterocycles. The third-order valence-corrected chi connectivity index (χ3v) is 1.54. The van der Waals surface area contributed by atoms with Gasteiger partial charge in [-0.1, -0.05) is 0 Å². The fraction of sp³-hybridized carbons (Fsp3) is 0.333. The summed E-state index contributed by atoms with van der Waals surface area (Å²) in [5.74, 6) is -2.27. The summed E-state index contributed by atoms with van der Waals surface area (Å²) >= 11 is 0. The number of aromatic carboxylic acids is 1.